The van der Waals surface area contributed by atoms with E-state index in [4.69, 9.17) is 4.55 Å². The Labute approximate surface area is 127 Å². The van der Waals surface area contributed by atoms with Crippen LogP contribution in [-0.4, -0.2) is 31.1 Å². The molecule has 0 aliphatic rings. The maximum atomic E-state index is 12.8. The average Bonchev–Trinajstić information content (AvgIpc) is 2.42. The molecule has 0 fully saturated rings. The topological polar surface area (TPSA) is 80.7 Å². The van der Waals surface area contributed by atoms with Crippen LogP contribution < -0.4 is 0 Å². The molecule has 0 aliphatic heterocycles. The highest BCUT2D eigenvalue weighted by Crippen LogP contribution is 2.11. The maximum absolute atomic E-state index is 12.8. The van der Waals surface area contributed by atoms with E-state index in [1.165, 1.54) is 38.5 Å². The number of esters is 1. The van der Waals surface area contributed by atoms with Crippen molar-refractivity contribution in [3.8, 4) is 0 Å². The van der Waals surface area contributed by atoms with E-state index in [1.807, 2.05) is 0 Å². The van der Waals surface area contributed by atoms with Gasteiger partial charge in [-0.1, -0.05) is 64.7 Å². The summed E-state index contributed by atoms with van der Waals surface area (Å²) < 4.78 is 46.3. The zero-order chi connectivity index (χ0) is 16.1. The molecular weight excluding hydrogens is 299 g/mol. The minimum atomic E-state index is -5.01. The van der Waals surface area contributed by atoms with Gasteiger partial charge >= 0.3 is 21.6 Å². The molecule has 0 rings (SSSR count). The van der Waals surface area contributed by atoms with Gasteiger partial charge in [0, 0.05) is 0 Å². The van der Waals surface area contributed by atoms with Gasteiger partial charge in [0.2, 0.25) is 0 Å². The lowest BCUT2D eigenvalue weighted by Crippen LogP contribution is -2.27. The Bertz CT molecular complexity index is 370. The molecule has 0 saturated heterocycles. The smallest absolute Gasteiger partial charge is 0.359 e. The van der Waals surface area contributed by atoms with E-state index >= 15 is 0 Å². The molecule has 0 aromatic carbocycles. The molecule has 0 heterocycles. The lowest BCUT2D eigenvalue weighted by Gasteiger charge is -2.06. The summed E-state index contributed by atoms with van der Waals surface area (Å²) in [5, 5.41) is 0. The lowest BCUT2D eigenvalue weighted by molar-refractivity contribution is -0.146. The Morgan fingerprint density at radius 1 is 1.00 bits per heavy atom. The molecule has 0 radical (unpaired) electrons. The van der Waals surface area contributed by atoms with E-state index < -0.39 is 21.6 Å². The summed E-state index contributed by atoms with van der Waals surface area (Å²) in [4.78, 5) is 10.9. The first-order valence-corrected chi connectivity index (χ1v) is 9.17. The second-order valence-electron chi connectivity index (χ2n) is 5.18. The Morgan fingerprint density at radius 2 is 1.43 bits per heavy atom. The highest BCUT2D eigenvalue weighted by molar-refractivity contribution is 7.87. The largest absolute Gasteiger partial charge is 0.463 e. The van der Waals surface area contributed by atoms with Gasteiger partial charge in [-0.2, -0.15) is 8.42 Å². The molecule has 0 aromatic rings. The molecule has 126 valence electrons. The first-order chi connectivity index (χ1) is 9.89. The summed E-state index contributed by atoms with van der Waals surface area (Å²) in [5.74, 6) is -1.55. The SMILES string of the molecule is CCCCCCCCCCCCOC(=O)C(F)S(=O)(=O)O. The predicted octanol–water partition coefficient (Wildman–Crippen LogP) is 3.63. The van der Waals surface area contributed by atoms with Crippen LogP contribution in [0.15, 0.2) is 0 Å². The molecule has 1 unspecified atom stereocenters. The van der Waals surface area contributed by atoms with Crippen LogP contribution in [0.2, 0.25) is 0 Å². The van der Waals surface area contributed by atoms with E-state index in [0.717, 1.165) is 19.3 Å². The van der Waals surface area contributed by atoms with Gasteiger partial charge in [-0.05, 0) is 6.42 Å². The van der Waals surface area contributed by atoms with Crippen LogP contribution >= 0.6 is 0 Å². The molecule has 0 saturated carbocycles. The maximum Gasteiger partial charge on any atom is 0.359 e. The second-order valence-corrected chi connectivity index (χ2v) is 6.62. The fraction of sp³-hybridized carbons (Fsp3) is 0.929. The average molecular weight is 326 g/mol. The van der Waals surface area contributed by atoms with Crippen LogP contribution in [0.5, 0.6) is 0 Å². The van der Waals surface area contributed by atoms with Crippen LogP contribution in [0.25, 0.3) is 0 Å². The fourth-order valence-electron chi connectivity index (χ4n) is 1.95. The Kier molecular flexibility index (Phi) is 11.5. The standard InChI is InChI=1S/C14H27FO5S/c1-2-3-4-5-6-7-8-9-10-11-12-20-14(16)13(15)21(17,18)19/h13H,2-12H2,1H3,(H,17,18,19). The van der Waals surface area contributed by atoms with Crippen LogP contribution in [0.3, 0.4) is 0 Å². The van der Waals surface area contributed by atoms with Crippen LogP contribution in [0.1, 0.15) is 71.1 Å². The Hall–Kier alpha value is -0.690. The minimum absolute atomic E-state index is 0.0225. The molecule has 21 heavy (non-hydrogen) atoms. The Morgan fingerprint density at radius 3 is 1.86 bits per heavy atom. The summed E-state index contributed by atoms with van der Waals surface area (Å²) in [6.07, 6.45) is 11.1. The number of unbranched alkanes of at least 4 members (excludes halogenated alkanes) is 9. The van der Waals surface area contributed by atoms with Crippen LogP contribution in [0, 0.1) is 0 Å². The summed E-state index contributed by atoms with van der Waals surface area (Å²) in [6, 6.07) is 0. The van der Waals surface area contributed by atoms with Gasteiger partial charge in [0.25, 0.3) is 0 Å². The van der Waals surface area contributed by atoms with Gasteiger partial charge in [-0.3, -0.25) is 4.55 Å². The van der Waals surface area contributed by atoms with Crippen molar-refractivity contribution in [1.29, 1.82) is 0 Å². The number of carbonyl (C=O) groups excluding carboxylic acids is 1. The molecule has 0 spiro atoms. The highest BCUT2D eigenvalue weighted by atomic mass is 32.2. The van der Waals surface area contributed by atoms with E-state index in [9.17, 15) is 17.6 Å². The molecular formula is C14H27FO5S. The zero-order valence-corrected chi connectivity index (χ0v) is 13.5. The first-order valence-electron chi connectivity index (χ1n) is 7.66. The van der Waals surface area contributed by atoms with Crippen molar-refractivity contribution in [3.05, 3.63) is 0 Å². The van der Waals surface area contributed by atoms with Gasteiger partial charge < -0.3 is 4.74 Å². The summed E-state index contributed by atoms with van der Waals surface area (Å²) in [5.41, 5.74) is -3.00. The van der Waals surface area contributed by atoms with E-state index in [-0.39, 0.29) is 6.61 Å². The number of carbonyl (C=O) groups is 1. The molecule has 5 nitrogen and oxygen atoms in total. The van der Waals surface area contributed by atoms with Crippen LogP contribution in [0.4, 0.5) is 4.39 Å². The van der Waals surface area contributed by atoms with E-state index in [2.05, 4.69) is 11.7 Å². The molecule has 1 N–H and O–H groups in total. The van der Waals surface area contributed by atoms with Crippen molar-refractivity contribution in [1.82, 2.24) is 0 Å². The molecule has 0 bridgehead atoms. The lowest BCUT2D eigenvalue weighted by atomic mass is 10.1. The number of hydrogen-bond donors (Lipinski definition) is 1. The third-order valence-electron chi connectivity index (χ3n) is 3.19. The molecule has 0 amide bonds. The number of alkyl halides is 1. The highest BCUT2D eigenvalue weighted by Gasteiger charge is 2.32. The summed E-state index contributed by atoms with van der Waals surface area (Å²) in [6.45, 7) is 2.17. The van der Waals surface area contributed by atoms with Crippen molar-refractivity contribution < 1.29 is 26.9 Å². The monoisotopic (exact) mass is 326 g/mol. The third kappa shape index (κ3) is 11.6. The van der Waals surface area contributed by atoms with Crippen molar-refractivity contribution in [2.45, 2.75) is 76.6 Å². The van der Waals surface area contributed by atoms with Gasteiger partial charge in [-0.25, -0.2) is 9.18 Å². The number of halogens is 1. The number of rotatable bonds is 13. The zero-order valence-electron chi connectivity index (χ0n) is 12.7. The normalized spacial score (nSPS) is 13.1. The van der Waals surface area contributed by atoms with Gasteiger partial charge in [0.05, 0.1) is 6.61 Å². The quantitative estimate of drug-likeness (QED) is 0.317. The van der Waals surface area contributed by atoms with Crippen LogP contribution in [-0.2, 0) is 19.6 Å². The molecule has 1 atom stereocenters. The van der Waals surface area contributed by atoms with Gasteiger partial charge in [-0.15, -0.1) is 0 Å². The van der Waals surface area contributed by atoms with E-state index in [1.54, 1.807) is 0 Å². The molecule has 7 heteroatoms. The molecule has 0 aromatic heterocycles. The minimum Gasteiger partial charge on any atom is -0.463 e. The molecule has 0 aliphatic carbocycles. The number of ether oxygens (including phenoxy) is 1. The summed E-state index contributed by atoms with van der Waals surface area (Å²) in [7, 11) is -5.01. The number of hydrogen-bond acceptors (Lipinski definition) is 4. The van der Waals surface area contributed by atoms with Crippen molar-refractivity contribution >= 4 is 16.1 Å². The predicted molar refractivity (Wildman–Crippen MR) is 79.2 cm³/mol. The van der Waals surface area contributed by atoms with Crippen molar-refractivity contribution in [3.63, 3.8) is 0 Å². The van der Waals surface area contributed by atoms with Crippen molar-refractivity contribution in [2.24, 2.45) is 0 Å². The second kappa shape index (κ2) is 11.9. The van der Waals surface area contributed by atoms with E-state index in [0.29, 0.717) is 6.42 Å². The Balaban J connectivity index is 3.39. The third-order valence-corrected chi connectivity index (χ3v) is 3.90. The fourth-order valence-corrected chi connectivity index (χ4v) is 2.26. The van der Waals surface area contributed by atoms with Gasteiger partial charge in [0.1, 0.15) is 0 Å². The van der Waals surface area contributed by atoms with Crippen molar-refractivity contribution in [2.75, 3.05) is 6.61 Å². The first kappa shape index (κ1) is 20.3. The van der Waals surface area contributed by atoms with Gasteiger partial charge in [0.15, 0.2) is 0 Å². The summed E-state index contributed by atoms with van der Waals surface area (Å²) >= 11 is 0.